The summed E-state index contributed by atoms with van der Waals surface area (Å²) in [5.74, 6) is -0.890. The zero-order valence-electron chi connectivity index (χ0n) is 20.3. The number of aromatic hydroxyl groups is 1. The van der Waals surface area contributed by atoms with Gasteiger partial charge in [-0.1, -0.05) is 24.3 Å². The number of amides is 2. The number of phenols is 1. The van der Waals surface area contributed by atoms with Crippen LogP contribution in [0.4, 0.5) is 17.1 Å². The zero-order chi connectivity index (χ0) is 26.8. The fraction of sp³-hybridized carbons (Fsp3) is 0.0741. The SMILES string of the molecule is CNC(=O)c1ccc(OC)c(N=Nc2c(O)c(C(=O)Nc3ccc4[nH]c(=O)[nH]c4c3)cc3ccccc23)c1. The maximum atomic E-state index is 13.2. The Labute approximate surface area is 215 Å². The van der Waals surface area contributed by atoms with Gasteiger partial charge in [-0.3, -0.25) is 9.59 Å². The molecule has 0 radical (unpaired) electrons. The number of anilines is 1. The molecule has 1 heterocycles. The first-order valence-corrected chi connectivity index (χ1v) is 11.5. The molecule has 0 saturated heterocycles. The lowest BCUT2D eigenvalue weighted by molar-refractivity contribution is 0.0962. The lowest BCUT2D eigenvalue weighted by atomic mass is 10.0. The van der Waals surface area contributed by atoms with E-state index in [9.17, 15) is 19.5 Å². The molecule has 11 heteroatoms. The predicted octanol–water partition coefficient (Wildman–Crippen LogP) is 4.75. The molecular weight excluding hydrogens is 488 g/mol. The number of azo groups is 1. The normalized spacial score (nSPS) is 11.2. The number of hydrogen-bond donors (Lipinski definition) is 5. The second-order valence-corrected chi connectivity index (χ2v) is 8.30. The minimum atomic E-state index is -0.582. The Bertz CT molecular complexity index is 1800. The van der Waals surface area contributed by atoms with E-state index in [1.54, 1.807) is 60.7 Å². The van der Waals surface area contributed by atoms with Gasteiger partial charge in [0.25, 0.3) is 11.8 Å². The van der Waals surface area contributed by atoms with Crippen LogP contribution < -0.4 is 21.1 Å². The summed E-state index contributed by atoms with van der Waals surface area (Å²) in [7, 11) is 2.98. The minimum Gasteiger partial charge on any atom is -0.505 e. The van der Waals surface area contributed by atoms with Crippen molar-refractivity contribution in [3.63, 3.8) is 0 Å². The first-order chi connectivity index (χ1) is 18.4. The number of methoxy groups -OCH3 is 1. The van der Waals surface area contributed by atoms with Gasteiger partial charge in [0.05, 0.1) is 23.7 Å². The van der Waals surface area contributed by atoms with Crippen LogP contribution in [-0.2, 0) is 0 Å². The van der Waals surface area contributed by atoms with Gasteiger partial charge in [-0.05, 0) is 47.9 Å². The Balaban J connectivity index is 1.56. The number of carbonyl (C=O) groups excluding carboxylic acids is 2. The quantitative estimate of drug-likeness (QED) is 0.208. The van der Waals surface area contributed by atoms with E-state index in [1.807, 2.05) is 0 Å². The average molecular weight is 511 g/mol. The molecule has 190 valence electrons. The molecule has 0 unspecified atom stereocenters. The third kappa shape index (κ3) is 4.55. The van der Waals surface area contributed by atoms with Gasteiger partial charge in [-0.15, -0.1) is 10.2 Å². The number of aromatic amines is 2. The van der Waals surface area contributed by atoms with Crippen molar-refractivity contribution in [2.75, 3.05) is 19.5 Å². The van der Waals surface area contributed by atoms with E-state index in [4.69, 9.17) is 4.74 Å². The van der Waals surface area contributed by atoms with Crippen molar-refractivity contribution in [1.29, 1.82) is 0 Å². The van der Waals surface area contributed by atoms with E-state index < -0.39 is 5.91 Å². The van der Waals surface area contributed by atoms with Gasteiger partial charge in [-0.25, -0.2) is 4.79 Å². The van der Waals surface area contributed by atoms with Gasteiger partial charge in [0.1, 0.15) is 17.1 Å². The fourth-order valence-corrected chi connectivity index (χ4v) is 4.06. The number of carbonyl (C=O) groups is 2. The number of phenolic OH excluding ortho intramolecular Hbond substituents is 1. The lowest BCUT2D eigenvalue weighted by Gasteiger charge is -2.11. The Kier molecular flexibility index (Phi) is 6.32. The smallest absolute Gasteiger partial charge is 0.323 e. The van der Waals surface area contributed by atoms with Gasteiger partial charge in [-0.2, -0.15) is 0 Å². The predicted molar refractivity (Wildman–Crippen MR) is 143 cm³/mol. The highest BCUT2D eigenvalue weighted by Crippen LogP contribution is 2.40. The standard InChI is InChI=1S/C27H22N6O5/c1-28-25(35)15-7-10-22(38-2)21(12-15)32-33-23-17-6-4-3-5-14(17)11-18(24(23)34)26(36)29-16-8-9-19-20(13-16)31-27(37)30-19/h3-13,34H,1-2H3,(H,28,35)(H,29,36)(H2,30,31,37). The van der Waals surface area contributed by atoms with Crippen LogP contribution in [0, 0.1) is 0 Å². The number of hydrogen-bond acceptors (Lipinski definition) is 7. The Hall–Kier alpha value is -5.45. The highest BCUT2D eigenvalue weighted by Gasteiger charge is 2.19. The molecule has 1 aromatic heterocycles. The molecule has 0 aliphatic rings. The van der Waals surface area contributed by atoms with Crippen molar-refractivity contribution in [2.45, 2.75) is 0 Å². The van der Waals surface area contributed by atoms with Gasteiger partial charge < -0.3 is 30.4 Å². The Morgan fingerprint density at radius 1 is 0.921 bits per heavy atom. The monoisotopic (exact) mass is 510 g/mol. The fourth-order valence-electron chi connectivity index (χ4n) is 4.06. The van der Waals surface area contributed by atoms with Crippen LogP contribution in [0.15, 0.2) is 81.8 Å². The third-order valence-corrected chi connectivity index (χ3v) is 5.94. The molecule has 2 amide bonds. The molecule has 5 rings (SSSR count). The Morgan fingerprint density at radius 3 is 2.50 bits per heavy atom. The summed E-state index contributed by atoms with van der Waals surface area (Å²) >= 11 is 0. The number of rotatable bonds is 6. The number of nitrogens with zero attached hydrogens (tertiary/aromatic N) is 2. The van der Waals surface area contributed by atoms with Crippen LogP contribution in [0.2, 0.25) is 0 Å². The van der Waals surface area contributed by atoms with Crippen molar-refractivity contribution in [2.24, 2.45) is 10.2 Å². The lowest BCUT2D eigenvalue weighted by Crippen LogP contribution is -2.17. The molecule has 0 aliphatic carbocycles. The van der Waals surface area contributed by atoms with Crippen LogP contribution in [0.5, 0.6) is 11.5 Å². The van der Waals surface area contributed by atoms with Gasteiger partial charge in [0.15, 0.2) is 5.75 Å². The van der Waals surface area contributed by atoms with E-state index in [0.29, 0.717) is 38.8 Å². The van der Waals surface area contributed by atoms with Gasteiger partial charge in [0.2, 0.25) is 0 Å². The van der Waals surface area contributed by atoms with Crippen molar-refractivity contribution >= 4 is 50.7 Å². The number of H-pyrrole nitrogens is 2. The summed E-state index contributed by atoms with van der Waals surface area (Å²) in [5.41, 5.74) is 1.86. The van der Waals surface area contributed by atoms with E-state index in [0.717, 1.165) is 0 Å². The van der Waals surface area contributed by atoms with E-state index >= 15 is 0 Å². The molecular formula is C27H22N6O5. The largest absolute Gasteiger partial charge is 0.505 e. The molecule has 0 aliphatic heterocycles. The summed E-state index contributed by atoms with van der Waals surface area (Å²) in [5, 5.41) is 26.2. The summed E-state index contributed by atoms with van der Waals surface area (Å²) in [4.78, 5) is 42.1. The van der Waals surface area contributed by atoms with Gasteiger partial charge >= 0.3 is 5.69 Å². The number of imidazole rings is 1. The van der Waals surface area contributed by atoms with E-state index in [1.165, 1.54) is 20.2 Å². The number of benzene rings is 4. The second kappa shape index (κ2) is 9.90. The minimum absolute atomic E-state index is 0.0219. The molecule has 0 fully saturated rings. The van der Waals surface area contributed by atoms with Crippen LogP contribution >= 0.6 is 0 Å². The second-order valence-electron chi connectivity index (χ2n) is 8.30. The molecule has 38 heavy (non-hydrogen) atoms. The molecule has 0 atom stereocenters. The van der Waals surface area contributed by atoms with Crippen molar-refractivity contribution in [1.82, 2.24) is 15.3 Å². The van der Waals surface area contributed by atoms with Crippen molar-refractivity contribution < 1.29 is 19.4 Å². The van der Waals surface area contributed by atoms with E-state index in [-0.39, 0.29) is 34.3 Å². The first-order valence-electron chi connectivity index (χ1n) is 11.5. The molecule has 0 spiro atoms. The first kappa shape index (κ1) is 24.3. The molecule has 0 saturated carbocycles. The molecule has 11 nitrogen and oxygen atoms in total. The summed E-state index contributed by atoms with van der Waals surface area (Å²) in [6.45, 7) is 0. The maximum Gasteiger partial charge on any atom is 0.323 e. The molecule has 5 N–H and O–H groups in total. The summed E-state index contributed by atoms with van der Waals surface area (Å²) in [6.07, 6.45) is 0. The van der Waals surface area contributed by atoms with Crippen LogP contribution in [0.1, 0.15) is 20.7 Å². The number of nitrogens with one attached hydrogen (secondary N) is 4. The summed E-state index contributed by atoms with van der Waals surface area (Å²) < 4.78 is 5.34. The zero-order valence-corrected chi connectivity index (χ0v) is 20.3. The van der Waals surface area contributed by atoms with Crippen LogP contribution in [-0.4, -0.2) is 41.0 Å². The third-order valence-electron chi connectivity index (χ3n) is 5.94. The Morgan fingerprint density at radius 2 is 1.71 bits per heavy atom. The summed E-state index contributed by atoms with van der Waals surface area (Å²) in [6, 6.07) is 18.3. The van der Waals surface area contributed by atoms with Crippen LogP contribution in [0.25, 0.3) is 21.8 Å². The highest BCUT2D eigenvalue weighted by atomic mass is 16.5. The molecule has 4 aromatic carbocycles. The molecule has 5 aromatic rings. The number of aromatic nitrogens is 2. The van der Waals surface area contributed by atoms with Gasteiger partial charge in [0, 0.05) is 23.7 Å². The molecule has 0 bridgehead atoms. The topological polar surface area (TPSA) is 161 Å². The maximum absolute atomic E-state index is 13.2. The van der Waals surface area contributed by atoms with E-state index in [2.05, 4.69) is 30.8 Å². The average Bonchev–Trinajstić information content (AvgIpc) is 3.30. The van der Waals surface area contributed by atoms with Crippen LogP contribution in [0.3, 0.4) is 0 Å². The van der Waals surface area contributed by atoms with Crippen molar-refractivity contribution in [3.8, 4) is 11.5 Å². The number of ether oxygens (including phenoxy) is 1. The highest BCUT2D eigenvalue weighted by molar-refractivity contribution is 6.12. The number of fused-ring (bicyclic) bond motifs is 2. The van der Waals surface area contributed by atoms with Crippen molar-refractivity contribution in [3.05, 3.63) is 88.3 Å².